The highest BCUT2D eigenvalue weighted by atomic mass is 19.1. The van der Waals surface area contributed by atoms with Crippen LogP contribution in [0.5, 0.6) is 5.75 Å². The zero-order chi connectivity index (χ0) is 21.9. The van der Waals surface area contributed by atoms with Gasteiger partial charge in [0.05, 0.1) is 7.11 Å². The molecule has 3 unspecified atom stereocenters. The minimum Gasteiger partial charge on any atom is -0.496 e. The number of halogens is 2. The van der Waals surface area contributed by atoms with E-state index in [1.54, 1.807) is 7.11 Å². The summed E-state index contributed by atoms with van der Waals surface area (Å²) in [4.78, 5) is 0. The molecule has 0 aromatic heterocycles. The lowest BCUT2D eigenvalue weighted by Crippen LogP contribution is -2.53. The van der Waals surface area contributed by atoms with Crippen LogP contribution in [0.1, 0.15) is 43.4 Å². The summed E-state index contributed by atoms with van der Waals surface area (Å²) < 4.78 is 34.2. The number of methoxy groups -OCH3 is 1. The monoisotopic (exact) mass is 419 g/mol. The van der Waals surface area contributed by atoms with Gasteiger partial charge in [-0.1, -0.05) is 35.9 Å². The van der Waals surface area contributed by atoms with E-state index in [9.17, 15) is 8.78 Å². The average Bonchev–Trinajstić information content (AvgIpc) is 2.70. The maximum absolute atomic E-state index is 14.2. The van der Waals surface area contributed by atoms with Crippen molar-refractivity contribution in [2.45, 2.75) is 44.7 Å². The second-order valence-corrected chi connectivity index (χ2v) is 9.44. The van der Waals surface area contributed by atoms with Crippen molar-refractivity contribution in [3.05, 3.63) is 94.1 Å². The normalized spacial score (nSPS) is 26.0. The molecule has 1 heterocycles. The maximum atomic E-state index is 14.2. The van der Waals surface area contributed by atoms with Gasteiger partial charge in [0.1, 0.15) is 17.4 Å². The molecule has 0 saturated carbocycles. The quantitative estimate of drug-likeness (QED) is 0.608. The zero-order valence-electron chi connectivity index (χ0n) is 18.3. The summed E-state index contributed by atoms with van der Waals surface area (Å²) in [7, 11) is 1.69. The third-order valence-corrected chi connectivity index (χ3v) is 6.78. The molecule has 3 aliphatic rings. The lowest BCUT2D eigenvalue weighted by atomic mass is 9.64. The molecule has 2 aromatic carbocycles. The first-order valence-electron chi connectivity index (χ1n) is 10.8. The van der Waals surface area contributed by atoms with Gasteiger partial charge in [0, 0.05) is 35.0 Å². The lowest BCUT2D eigenvalue weighted by Gasteiger charge is -2.46. The number of benzene rings is 2. The van der Waals surface area contributed by atoms with Crippen LogP contribution in [0.4, 0.5) is 8.78 Å². The fourth-order valence-corrected chi connectivity index (χ4v) is 5.82. The molecule has 1 aliphatic heterocycles. The number of allylic oxidation sites excluding steroid dienone is 2. The number of nitrogens with one attached hydrogen (secondary N) is 1. The Labute approximate surface area is 182 Å². The minimum atomic E-state index is -0.536. The van der Waals surface area contributed by atoms with Crippen LogP contribution in [0, 0.1) is 17.6 Å². The first kappa shape index (κ1) is 20.2. The van der Waals surface area contributed by atoms with Gasteiger partial charge < -0.3 is 10.1 Å². The van der Waals surface area contributed by atoms with Crippen LogP contribution < -0.4 is 10.1 Å². The van der Waals surface area contributed by atoms with Gasteiger partial charge in [-0.3, -0.25) is 0 Å². The number of fused-ring (bicyclic) bond motifs is 4. The summed E-state index contributed by atoms with van der Waals surface area (Å²) in [6.07, 6.45) is 7.36. The molecule has 0 spiro atoms. The standard InChI is InChI=1S/C27H27F2NO/c1-15-14-27(2,3)30-22-9-8-20-25-16(6-5-7-23(25)31-4)12-21(26(20)24(15)22)17-10-18(28)13-19(29)11-17/h5-11,13-14,21-22,24,30H,12H2,1-4H3. The van der Waals surface area contributed by atoms with E-state index in [1.165, 1.54) is 23.3 Å². The predicted octanol–water partition coefficient (Wildman–Crippen LogP) is 5.95. The van der Waals surface area contributed by atoms with E-state index < -0.39 is 11.6 Å². The Kier molecular flexibility index (Phi) is 4.67. The minimum absolute atomic E-state index is 0.108. The average molecular weight is 420 g/mol. The molecular formula is C27H27F2NO. The van der Waals surface area contributed by atoms with Gasteiger partial charge >= 0.3 is 0 Å². The largest absolute Gasteiger partial charge is 0.496 e. The van der Waals surface area contributed by atoms with Crippen molar-refractivity contribution in [3.63, 3.8) is 0 Å². The molecule has 2 aromatic rings. The molecule has 1 N–H and O–H groups in total. The van der Waals surface area contributed by atoms with E-state index in [2.05, 4.69) is 50.4 Å². The summed E-state index contributed by atoms with van der Waals surface area (Å²) in [5.74, 6) is -0.216. The fourth-order valence-electron chi connectivity index (χ4n) is 5.82. The second-order valence-electron chi connectivity index (χ2n) is 9.44. The van der Waals surface area contributed by atoms with Gasteiger partial charge in [-0.05, 0) is 67.7 Å². The van der Waals surface area contributed by atoms with E-state index in [0.29, 0.717) is 12.0 Å². The third kappa shape index (κ3) is 3.34. The number of hydrogen-bond acceptors (Lipinski definition) is 2. The van der Waals surface area contributed by atoms with Gasteiger partial charge in [-0.25, -0.2) is 8.78 Å². The Balaban J connectivity index is 1.77. The van der Waals surface area contributed by atoms with Gasteiger partial charge in [0.25, 0.3) is 0 Å². The fraction of sp³-hybridized carbons (Fsp3) is 0.333. The highest BCUT2D eigenvalue weighted by Crippen LogP contribution is 2.52. The van der Waals surface area contributed by atoms with Crippen molar-refractivity contribution in [2.24, 2.45) is 5.92 Å². The van der Waals surface area contributed by atoms with Crippen LogP contribution in [-0.2, 0) is 6.42 Å². The van der Waals surface area contributed by atoms with E-state index in [4.69, 9.17) is 4.74 Å². The van der Waals surface area contributed by atoms with Gasteiger partial charge in [-0.15, -0.1) is 0 Å². The predicted molar refractivity (Wildman–Crippen MR) is 120 cm³/mol. The molecule has 0 amide bonds. The first-order chi connectivity index (χ1) is 14.8. The molecule has 0 saturated heterocycles. The van der Waals surface area contributed by atoms with Crippen molar-refractivity contribution in [1.29, 1.82) is 0 Å². The summed E-state index contributed by atoms with van der Waals surface area (Å²) in [6.45, 7) is 6.51. The summed E-state index contributed by atoms with van der Waals surface area (Å²) in [5.41, 5.74) is 6.42. The van der Waals surface area contributed by atoms with Crippen molar-refractivity contribution in [1.82, 2.24) is 5.32 Å². The zero-order valence-corrected chi connectivity index (χ0v) is 18.3. The van der Waals surface area contributed by atoms with E-state index in [-0.39, 0.29) is 23.4 Å². The van der Waals surface area contributed by atoms with E-state index in [1.807, 2.05) is 12.1 Å². The Morgan fingerprint density at radius 3 is 2.55 bits per heavy atom. The van der Waals surface area contributed by atoms with Crippen molar-refractivity contribution in [2.75, 3.05) is 7.11 Å². The summed E-state index contributed by atoms with van der Waals surface area (Å²) in [5, 5.41) is 3.73. The third-order valence-electron chi connectivity index (χ3n) is 6.78. The number of ether oxygens (including phenoxy) is 1. The van der Waals surface area contributed by atoms with Gasteiger partial charge in [0.15, 0.2) is 0 Å². The molecule has 4 heteroatoms. The molecular weight excluding hydrogens is 392 g/mol. The van der Waals surface area contributed by atoms with Crippen LogP contribution in [0.25, 0.3) is 5.57 Å². The molecule has 0 fully saturated rings. The Morgan fingerprint density at radius 2 is 1.84 bits per heavy atom. The molecule has 3 atom stereocenters. The Hall–Kier alpha value is -2.72. The van der Waals surface area contributed by atoms with Crippen LogP contribution in [0.3, 0.4) is 0 Å². The summed E-state index contributed by atoms with van der Waals surface area (Å²) in [6, 6.07) is 10.1. The van der Waals surface area contributed by atoms with Crippen molar-refractivity contribution in [3.8, 4) is 5.75 Å². The summed E-state index contributed by atoms with van der Waals surface area (Å²) >= 11 is 0. The molecule has 5 rings (SSSR count). The molecule has 31 heavy (non-hydrogen) atoms. The Bertz CT molecular complexity index is 1140. The van der Waals surface area contributed by atoms with Crippen LogP contribution in [0.2, 0.25) is 0 Å². The highest BCUT2D eigenvalue weighted by Gasteiger charge is 2.42. The van der Waals surface area contributed by atoms with Crippen LogP contribution in [-0.4, -0.2) is 18.7 Å². The highest BCUT2D eigenvalue weighted by molar-refractivity contribution is 5.87. The maximum Gasteiger partial charge on any atom is 0.126 e. The van der Waals surface area contributed by atoms with Crippen LogP contribution >= 0.6 is 0 Å². The molecule has 160 valence electrons. The number of rotatable bonds is 2. The lowest BCUT2D eigenvalue weighted by molar-refractivity contribution is 0.349. The molecule has 0 bridgehead atoms. The van der Waals surface area contributed by atoms with E-state index >= 15 is 0 Å². The van der Waals surface area contributed by atoms with Crippen LogP contribution in [0.15, 0.2) is 65.8 Å². The smallest absolute Gasteiger partial charge is 0.126 e. The SMILES string of the molecule is COc1cccc2c1C1=C(C(c3cc(F)cc(F)c3)C2)C2C(C)=CC(C)(C)NC2C=C1. The van der Waals surface area contributed by atoms with E-state index in [0.717, 1.165) is 28.5 Å². The first-order valence-corrected chi connectivity index (χ1v) is 10.8. The van der Waals surface area contributed by atoms with Crippen molar-refractivity contribution >= 4 is 5.57 Å². The van der Waals surface area contributed by atoms with Gasteiger partial charge in [-0.2, -0.15) is 0 Å². The second kappa shape index (κ2) is 7.16. The van der Waals surface area contributed by atoms with Gasteiger partial charge in [0.2, 0.25) is 0 Å². The van der Waals surface area contributed by atoms with Crippen molar-refractivity contribution < 1.29 is 13.5 Å². The molecule has 0 radical (unpaired) electrons. The topological polar surface area (TPSA) is 21.3 Å². The number of hydrogen-bond donors (Lipinski definition) is 1. The molecule has 2 aliphatic carbocycles. The Morgan fingerprint density at radius 1 is 1.10 bits per heavy atom. The molecule has 2 nitrogen and oxygen atoms in total.